The summed E-state index contributed by atoms with van der Waals surface area (Å²) in [6.07, 6.45) is 1.29. The maximum atomic E-state index is 12.8. The van der Waals surface area contributed by atoms with Gasteiger partial charge in [-0.1, -0.05) is 11.6 Å². The minimum atomic E-state index is -3.97. The van der Waals surface area contributed by atoms with Crippen LogP contribution in [0.25, 0.3) is 0 Å². The van der Waals surface area contributed by atoms with Crippen LogP contribution in [0.2, 0.25) is 5.02 Å². The van der Waals surface area contributed by atoms with Crippen molar-refractivity contribution >= 4 is 45.0 Å². The fraction of sp³-hybridized carbons (Fsp3) is 0.250. The summed E-state index contributed by atoms with van der Waals surface area (Å²) in [5.41, 5.74) is 0.675. The number of halogens is 1. The maximum Gasteiger partial charge on any atom is 0.269 e. The first-order chi connectivity index (χ1) is 14.1. The zero-order valence-electron chi connectivity index (χ0n) is 16.2. The largest absolute Gasteiger partial charge is 0.345 e. The van der Waals surface area contributed by atoms with Crippen LogP contribution >= 0.6 is 11.6 Å². The van der Waals surface area contributed by atoms with Gasteiger partial charge < -0.3 is 10.2 Å². The van der Waals surface area contributed by atoms with Crippen molar-refractivity contribution in [3.8, 4) is 0 Å². The quantitative estimate of drug-likeness (QED) is 0.775. The van der Waals surface area contributed by atoms with Gasteiger partial charge in [0.15, 0.2) is 0 Å². The van der Waals surface area contributed by atoms with Gasteiger partial charge in [0.1, 0.15) is 4.90 Å². The number of fused-ring (bicyclic) bond motifs is 1. The Morgan fingerprint density at radius 2 is 1.77 bits per heavy atom. The van der Waals surface area contributed by atoms with Crippen molar-refractivity contribution < 1.29 is 22.8 Å². The summed E-state index contributed by atoms with van der Waals surface area (Å²) < 4.78 is 26.4. The zero-order chi connectivity index (χ0) is 21.8. The molecule has 0 saturated heterocycles. The molecular weight excluding hydrogens is 430 g/mol. The third-order valence-corrected chi connectivity index (χ3v) is 7.16. The molecule has 0 aromatic heterocycles. The van der Waals surface area contributed by atoms with Crippen LogP contribution in [0, 0.1) is 0 Å². The Morgan fingerprint density at radius 3 is 2.40 bits per heavy atom. The van der Waals surface area contributed by atoms with E-state index in [0.717, 1.165) is 4.31 Å². The second-order valence-electron chi connectivity index (χ2n) is 7.40. The number of benzene rings is 2. The molecule has 1 saturated carbocycles. The molecule has 10 heteroatoms. The van der Waals surface area contributed by atoms with E-state index in [1.165, 1.54) is 35.2 Å². The maximum absolute atomic E-state index is 12.8. The van der Waals surface area contributed by atoms with Crippen molar-refractivity contribution in [2.75, 3.05) is 19.4 Å². The standard InChI is InChI=1S/C20H18ClN3O5S/c1-23(2)19(26)12-4-8-15(21)16(9-12)22-18(25)11-3-7-14-17(10-11)30(28,29)24(20(14)27)13-5-6-13/h3-4,7-10,13H,5-6H2,1-2H3,(H,22,25). The highest BCUT2D eigenvalue weighted by Gasteiger charge is 2.48. The van der Waals surface area contributed by atoms with E-state index in [1.807, 2.05) is 0 Å². The van der Waals surface area contributed by atoms with E-state index >= 15 is 0 Å². The number of hydrogen-bond acceptors (Lipinski definition) is 5. The second kappa shape index (κ2) is 7.10. The first-order valence-corrected chi connectivity index (χ1v) is 11.0. The van der Waals surface area contributed by atoms with Crippen LogP contribution < -0.4 is 5.32 Å². The highest BCUT2D eigenvalue weighted by molar-refractivity contribution is 7.90. The Balaban J connectivity index is 1.64. The minimum absolute atomic E-state index is 0.0585. The number of carbonyl (C=O) groups is 3. The van der Waals surface area contributed by atoms with E-state index < -0.39 is 21.8 Å². The molecule has 8 nitrogen and oxygen atoms in total. The molecule has 0 radical (unpaired) electrons. The number of rotatable bonds is 4. The van der Waals surface area contributed by atoms with E-state index in [2.05, 4.69) is 5.32 Å². The van der Waals surface area contributed by atoms with E-state index in [9.17, 15) is 22.8 Å². The lowest BCUT2D eigenvalue weighted by Crippen LogP contribution is -2.31. The van der Waals surface area contributed by atoms with Crippen molar-refractivity contribution in [1.29, 1.82) is 0 Å². The Hall–Kier alpha value is -2.91. The third-order valence-electron chi connectivity index (χ3n) is 4.96. The predicted octanol–water partition coefficient (Wildman–Crippen LogP) is 2.60. The topological polar surface area (TPSA) is 104 Å². The number of anilines is 1. The molecule has 1 aliphatic heterocycles. The van der Waals surface area contributed by atoms with Gasteiger partial charge >= 0.3 is 0 Å². The molecule has 3 amide bonds. The molecule has 2 aromatic rings. The Kier molecular flexibility index (Phi) is 4.82. The third kappa shape index (κ3) is 3.33. The normalized spacial score (nSPS) is 16.9. The van der Waals surface area contributed by atoms with Crippen LogP contribution in [0.3, 0.4) is 0 Å². The molecule has 156 valence electrons. The van der Waals surface area contributed by atoms with Crippen molar-refractivity contribution in [2.45, 2.75) is 23.8 Å². The fourth-order valence-electron chi connectivity index (χ4n) is 3.27. The van der Waals surface area contributed by atoms with Crippen LogP contribution in [0.4, 0.5) is 5.69 Å². The smallest absolute Gasteiger partial charge is 0.269 e. The van der Waals surface area contributed by atoms with Gasteiger partial charge in [-0.25, -0.2) is 12.7 Å². The molecular formula is C20H18ClN3O5S. The van der Waals surface area contributed by atoms with Gasteiger partial charge in [-0.2, -0.15) is 0 Å². The Labute approximate surface area is 178 Å². The van der Waals surface area contributed by atoms with E-state index in [0.29, 0.717) is 18.4 Å². The molecule has 0 bridgehead atoms. The summed E-state index contributed by atoms with van der Waals surface area (Å²) in [5.74, 6) is -1.43. The molecule has 2 aromatic carbocycles. The molecule has 1 N–H and O–H groups in total. The van der Waals surface area contributed by atoms with Gasteiger partial charge in [0, 0.05) is 31.3 Å². The monoisotopic (exact) mass is 447 g/mol. The number of nitrogens with zero attached hydrogens (tertiary/aromatic N) is 2. The summed E-state index contributed by atoms with van der Waals surface area (Å²) in [6.45, 7) is 0. The van der Waals surface area contributed by atoms with Crippen LogP contribution in [0.1, 0.15) is 43.9 Å². The highest BCUT2D eigenvalue weighted by Crippen LogP contribution is 2.39. The van der Waals surface area contributed by atoms with Crippen molar-refractivity contribution in [2.24, 2.45) is 0 Å². The number of carbonyl (C=O) groups excluding carboxylic acids is 3. The van der Waals surface area contributed by atoms with Crippen LogP contribution in [0.5, 0.6) is 0 Å². The summed E-state index contributed by atoms with van der Waals surface area (Å²) in [5, 5.41) is 2.83. The summed E-state index contributed by atoms with van der Waals surface area (Å²) >= 11 is 6.14. The second-order valence-corrected chi connectivity index (χ2v) is 9.59. The summed E-state index contributed by atoms with van der Waals surface area (Å²) in [4.78, 5) is 38.6. The van der Waals surface area contributed by atoms with Crippen molar-refractivity contribution in [3.63, 3.8) is 0 Å². The number of nitrogens with one attached hydrogen (secondary N) is 1. The van der Waals surface area contributed by atoms with Gasteiger partial charge in [-0.05, 0) is 49.2 Å². The van der Waals surface area contributed by atoms with Crippen LogP contribution in [0.15, 0.2) is 41.3 Å². The summed E-state index contributed by atoms with van der Waals surface area (Å²) in [6, 6.07) is 8.12. The van der Waals surface area contributed by atoms with Gasteiger partial charge in [0.25, 0.3) is 27.7 Å². The first kappa shape index (κ1) is 20.4. The minimum Gasteiger partial charge on any atom is -0.345 e. The fourth-order valence-corrected chi connectivity index (χ4v) is 5.27. The Morgan fingerprint density at radius 1 is 1.10 bits per heavy atom. The van der Waals surface area contributed by atoms with Gasteiger partial charge in [0.2, 0.25) is 0 Å². The lowest BCUT2D eigenvalue weighted by Gasteiger charge is -2.13. The lowest BCUT2D eigenvalue weighted by molar-refractivity contribution is 0.0825. The molecule has 4 rings (SSSR count). The molecule has 0 atom stereocenters. The molecule has 1 aliphatic carbocycles. The zero-order valence-corrected chi connectivity index (χ0v) is 17.7. The van der Waals surface area contributed by atoms with Gasteiger partial charge in [-0.3, -0.25) is 14.4 Å². The molecule has 30 heavy (non-hydrogen) atoms. The summed E-state index contributed by atoms with van der Waals surface area (Å²) in [7, 11) is -0.762. The number of hydrogen-bond donors (Lipinski definition) is 1. The first-order valence-electron chi connectivity index (χ1n) is 9.16. The number of amides is 3. The molecule has 0 spiro atoms. The predicted molar refractivity (Wildman–Crippen MR) is 110 cm³/mol. The Bertz CT molecular complexity index is 1200. The molecule has 0 unspecified atom stereocenters. The van der Waals surface area contributed by atoms with Crippen LogP contribution in [-0.4, -0.2) is 55.5 Å². The van der Waals surface area contributed by atoms with Crippen molar-refractivity contribution in [1.82, 2.24) is 9.21 Å². The van der Waals surface area contributed by atoms with E-state index in [1.54, 1.807) is 20.2 Å². The van der Waals surface area contributed by atoms with Gasteiger partial charge in [-0.15, -0.1) is 0 Å². The molecule has 1 heterocycles. The molecule has 1 fully saturated rings. The van der Waals surface area contributed by atoms with Crippen molar-refractivity contribution in [3.05, 3.63) is 58.1 Å². The van der Waals surface area contributed by atoms with Crippen LogP contribution in [-0.2, 0) is 10.0 Å². The molecule has 2 aliphatic rings. The number of sulfonamides is 1. The van der Waals surface area contributed by atoms with E-state index in [-0.39, 0.29) is 38.7 Å². The average Bonchev–Trinajstić information content (AvgIpc) is 3.50. The SMILES string of the molecule is CN(C)C(=O)c1ccc(Cl)c(NC(=O)c2ccc3c(c2)S(=O)(=O)N(C2CC2)C3=O)c1. The van der Waals surface area contributed by atoms with Gasteiger partial charge in [0.05, 0.1) is 16.3 Å². The van der Waals surface area contributed by atoms with E-state index in [4.69, 9.17) is 11.6 Å². The average molecular weight is 448 g/mol. The lowest BCUT2D eigenvalue weighted by atomic mass is 10.1. The highest BCUT2D eigenvalue weighted by atomic mass is 35.5.